The summed E-state index contributed by atoms with van der Waals surface area (Å²) in [5.41, 5.74) is 0. The standard InChI is InChI=1S/C7H12N2O/c1-9-4-6(2-3-8)7(10)5-9/h6-7,10H,2,4-5H2,1H3. The van der Waals surface area contributed by atoms with E-state index in [0.29, 0.717) is 13.0 Å². The summed E-state index contributed by atoms with van der Waals surface area (Å²) in [5, 5.41) is 17.6. The van der Waals surface area contributed by atoms with E-state index < -0.39 is 0 Å². The third kappa shape index (κ3) is 1.47. The molecule has 0 aromatic heterocycles. The quantitative estimate of drug-likeness (QED) is 0.549. The molecule has 1 rings (SSSR count). The smallest absolute Gasteiger partial charge is 0.0717 e. The van der Waals surface area contributed by atoms with Gasteiger partial charge in [0, 0.05) is 25.4 Å². The largest absolute Gasteiger partial charge is 0.391 e. The molecule has 56 valence electrons. The third-order valence-electron chi connectivity index (χ3n) is 1.94. The average Bonchev–Trinajstić information content (AvgIpc) is 2.13. The van der Waals surface area contributed by atoms with Crippen molar-refractivity contribution in [1.29, 1.82) is 5.26 Å². The van der Waals surface area contributed by atoms with Gasteiger partial charge in [0.15, 0.2) is 0 Å². The predicted octanol–water partition coefficient (Wildman–Crippen LogP) is -0.177. The van der Waals surface area contributed by atoms with Crippen molar-refractivity contribution in [1.82, 2.24) is 4.90 Å². The Morgan fingerprint density at radius 1 is 1.70 bits per heavy atom. The first-order chi connectivity index (χ1) is 4.74. The van der Waals surface area contributed by atoms with Gasteiger partial charge in [-0.1, -0.05) is 0 Å². The maximum atomic E-state index is 9.30. The van der Waals surface area contributed by atoms with Crippen molar-refractivity contribution in [3.8, 4) is 6.07 Å². The van der Waals surface area contributed by atoms with E-state index in [0.717, 1.165) is 6.54 Å². The molecule has 1 heterocycles. The molecule has 3 heteroatoms. The van der Waals surface area contributed by atoms with Gasteiger partial charge in [-0.2, -0.15) is 5.26 Å². The van der Waals surface area contributed by atoms with Crippen LogP contribution >= 0.6 is 0 Å². The van der Waals surface area contributed by atoms with E-state index in [4.69, 9.17) is 5.26 Å². The number of nitrogens with zero attached hydrogens (tertiary/aromatic N) is 2. The van der Waals surface area contributed by atoms with Crippen LogP contribution in [0.1, 0.15) is 6.42 Å². The molecule has 0 amide bonds. The van der Waals surface area contributed by atoms with Gasteiger partial charge in [0.2, 0.25) is 0 Å². The lowest BCUT2D eigenvalue weighted by molar-refractivity contribution is 0.145. The summed E-state index contributed by atoms with van der Waals surface area (Å²) in [4.78, 5) is 2.05. The van der Waals surface area contributed by atoms with Crippen LogP contribution in [-0.4, -0.2) is 36.2 Å². The molecule has 0 saturated carbocycles. The number of β-amino-alcohol motifs (C(OH)–C–C–N with tert-alkyl or cyclic N) is 1. The first kappa shape index (κ1) is 7.52. The topological polar surface area (TPSA) is 47.3 Å². The summed E-state index contributed by atoms with van der Waals surface area (Å²) in [7, 11) is 1.96. The molecule has 2 unspecified atom stereocenters. The van der Waals surface area contributed by atoms with Crippen LogP contribution in [-0.2, 0) is 0 Å². The van der Waals surface area contributed by atoms with Crippen LogP contribution in [0.4, 0.5) is 0 Å². The zero-order chi connectivity index (χ0) is 7.56. The summed E-state index contributed by atoms with van der Waals surface area (Å²) in [6.45, 7) is 1.57. The Balaban J connectivity index is 2.40. The fourth-order valence-electron chi connectivity index (χ4n) is 1.38. The zero-order valence-corrected chi connectivity index (χ0v) is 6.12. The van der Waals surface area contributed by atoms with Crippen molar-refractivity contribution in [2.24, 2.45) is 5.92 Å². The van der Waals surface area contributed by atoms with Crippen molar-refractivity contribution >= 4 is 0 Å². The Morgan fingerprint density at radius 3 is 2.80 bits per heavy atom. The SMILES string of the molecule is CN1CC(O)C(CC#N)C1. The molecule has 0 aromatic rings. The van der Waals surface area contributed by atoms with E-state index in [1.807, 2.05) is 11.9 Å². The lowest BCUT2D eigenvalue weighted by Crippen LogP contribution is -2.17. The highest BCUT2D eigenvalue weighted by atomic mass is 16.3. The maximum Gasteiger partial charge on any atom is 0.0717 e. The minimum atomic E-state index is -0.287. The Bertz CT molecular complexity index is 152. The van der Waals surface area contributed by atoms with E-state index >= 15 is 0 Å². The lowest BCUT2D eigenvalue weighted by atomic mass is 10.0. The Morgan fingerprint density at radius 2 is 2.40 bits per heavy atom. The fourth-order valence-corrected chi connectivity index (χ4v) is 1.38. The minimum Gasteiger partial charge on any atom is -0.391 e. The number of likely N-dealkylation sites (N-methyl/N-ethyl adjacent to an activating group) is 1. The van der Waals surface area contributed by atoms with E-state index in [2.05, 4.69) is 6.07 Å². The first-order valence-corrected chi connectivity index (χ1v) is 3.47. The van der Waals surface area contributed by atoms with Crippen molar-refractivity contribution in [3.05, 3.63) is 0 Å². The van der Waals surface area contributed by atoms with Crippen molar-refractivity contribution < 1.29 is 5.11 Å². The van der Waals surface area contributed by atoms with Crippen molar-refractivity contribution in [3.63, 3.8) is 0 Å². The van der Waals surface area contributed by atoms with Gasteiger partial charge in [-0.25, -0.2) is 0 Å². The van der Waals surface area contributed by atoms with Crippen LogP contribution in [0.3, 0.4) is 0 Å². The van der Waals surface area contributed by atoms with Gasteiger partial charge in [0.05, 0.1) is 12.2 Å². The second kappa shape index (κ2) is 3.00. The summed E-state index contributed by atoms with van der Waals surface area (Å²) in [6, 6.07) is 2.07. The molecule has 1 aliphatic heterocycles. The van der Waals surface area contributed by atoms with Gasteiger partial charge in [-0.15, -0.1) is 0 Å². The van der Waals surface area contributed by atoms with Crippen LogP contribution in [0.2, 0.25) is 0 Å². The van der Waals surface area contributed by atoms with E-state index in [-0.39, 0.29) is 12.0 Å². The fraction of sp³-hybridized carbons (Fsp3) is 0.857. The van der Waals surface area contributed by atoms with Gasteiger partial charge in [0.25, 0.3) is 0 Å². The summed E-state index contributed by atoms with van der Waals surface area (Å²) in [6.07, 6.45) is 0.190. The molecule has 1 N–H and O–H groups in total. The monoisotopic (exact) mass is 140 g/mol. The lowest BCUT2D eigenvalue weighted by Gasteiger charge is -2.06. The van der Waals surface area contributed by atoms with Crippen LogP contribution in [0.5, 0.6) is 0 Å². The van der Waals surface area contributed by atoms with E-state index in [9.17, 15) is 5.11 Å². The molecule has 0 bridgehead atoms. The van der Waals surface area contributed by atoms with Crippen LogP contribution in [0.15, 0.2) is 0 Å². The van der Waals surface area contributed by atoms with Gasteiger partial charge < -0.3 is 10.0 Å². The Kier molecular flexibility index (Phi) is 2.25. The van der Waals surface area contributed by atoms with Crippen LogP contribution in [0.25, 0.3) is 0 Å². The molecule has 1 saturated heterocycles. The number of rotatable bonds is 1. The molecule has 2 atom stereocenters. The maximum absolute atomic E-state index is 9.30. The molecule has 1 fully saturated rings. The summed E-state index contributed by atoms with van der Waals surface area (Å²) < 4.78 is 0. The second-order valence-electron chi connectivity index (χ2n) is 2.91. The zero-order valence-electron chi connectivity index (χ0n) is 6.12. The normalized spacial score (nSPS) is 34.1. The summed E-state index contributed by atoms with van der Waals surface area (Å²) in [5.74, 6) is 0.176. The number of aliphatic hydroxyl groups is 1. The van der Waals surface area contributed by atoms with Crippen LogP contribution in [0, 0.1) is 17.2 Å². The van der Waals surface area contributed by atoms with Gasteiger partial charge >= 0.3 is 0 Å². The summed E-state index contributed by atoms with van der Waals surface area (Å²) >= 11 is 0. The van der Waals surface area contributed by atoms with Crippen molar-refractivity contribution in [2.45, 2.75) is 12.5 Å². The molecule has 0 radical (unpaired) electrons. The Hall–Kier alpha value is -0.590. The molecule has 0 spiro atoms. The van der Waals surface area contributed by atoms with E-state index in [1.165, 1.54) is 0 Å². The molecule has 1 aliphatic rings. The molecule has 10 heavy (non-hydrogen) atoms. The van der Waals surface area contributed by atoms with Gasteiger partial charge in [-0.05, 0) is 7.05 Å². The number of nitriles is 1. The number of likely N-dealkylation sites (tertiary alicyclic amines) is 1. The molecule has 3 nitrogen and oxygen atoms in total. The number of hydrogen-bond acceptors (Lipinski definition) is 3. The molecule has 0 aromatic carbocycles. The first-order valence-electron chi connectivity index (χ1n) is 3.47. The highest BCUT2D eigenvalue weighted by Crippen LogP contribution is 2.17. The predicted molar refractivity (Wildman–Crippen MR) is 37.2 cm³/mol. The van der Waals surface area contributed by atoms with E-state index in [1.54, 1.807) is 0 Å². The molecular weight excluding hydrogens is 128 g/mol. The van der Waals surface area contributed by atoms with Gasteiger partial charge in [0.1, 0.15) is 0 Å². The Labute approximate surface area is 60.9 Å². The van der Waals surface area contributed by atoms with Crippen LogP contribution < -0.4 is 0 Å². The van der Waals surface area contributed by atoms with Crippen molar-refractivity contribution in [2.75, 3.05) is 20.1 Å². The van der Waals surface area contributed by atoms with Gasteiger partial charge in [-0.3, -0.25) is 0 Å². The average molecular weight is 140 g/mol. The highest BCUT2D eigenvalue weighted by Gasteiger charge is 2.28. The number of aliphatic hydroxyl groups excluding tert-OH is 1. The molecule has 0 aliphatic carbocycles. The third-order valence-corrected chi connectivity index (χ3v) is 1.94. The highest BCUT2D eigenvalue weighted by molar-refractivity contribution is 4.88. The number of hydrogen-bond donors (Lipinski definition) is 1. The molecular formula is C7H12N2O. The second-order valence-corrected chi connectivity index (χ2v) is 2.91. The minimum absolute atomic E-state index is 0.176.